The van der Waals surface area contributed by atoms with Crippen LogP contribution >= 0.6 is 0 Å². The molecule has 0 atom stereocenters. The summed E-state index contributed by atoms with van der Waals surface area (Å²) < 4.78 is 41.5. The fraction of sp³-hybridized carbons (Fsp3) is 0.478. The average Bonchev–Trinajstić information content (AvgIpc) is 3.22. The Bertz CT molecular complexity index is 1170. The summed E-state index contributed by atoms with van der Waals surface area (Å²) in [5, 5.41) is 7.98. The Morgan fingerprint density at radius 2 is 2.00 bits per heavy atom. The van der Waals surface area contributed by atoms with E-state index in [1.54, 1.807) is 6.20 Å². The number of nitrogens with one attached hydrogen (secondary N) is 1. The van der Waals surface area contributed by atoms with Crippen molar-refractivity contribution >= 4 is 22.8 Å². The molecule has 3 aromatic rings. The molecule has 1 fully saturated rings. The Labute approximate surface area is 189 Å². The van der Waals surface area contributed by atoms with E-state index in [1.807, 2.05) is 29.1 Å². The van der Waals surface area contributed by atoms with Gasteiger partial charge in [-0.2, -0.15) is 5.10 Å². The molecule has 2 aromatic heterocycles. The first-order valence-electron chi connectivity index (χ1n) is 11.2. The quantitative estimate of drug-likeness (QED) is 0.625. The number of nitrogens with zero attached hydrogens (tertiary/aromatic N) is 5. The van der Waals surface area contributed by atoms with Crippen LogP contribution in [0.1, 0.15) is 31.4 Å². The highest BCUT2D eigenvalue weighted by Gasteiger charge is 2.37. The van der Waals surface area contributed by atoms with Crippen LogP contribution in [0.5, 0.6) is 0 Å². The van der Waals surface area contributed by atoms with Gasteiger partial charge in [-0.3, -0.25) is 19.7 Å². The number of amides is 1. The lowest BCUT2D eigenvalue weighted by atomic mass is 9.86. The summed E-state index contributed by atoms with van der Waals surface area (Å²) >= 11 is 0. The first-order chi connectivity index (χ1) is 15.9. The Kier molecular flexibility index (Phi) is 5.77. The predicted molar refractivity (Wildman–Crippen MR) is 118 cm³/mol. The summed E-state index contributed by atoms with van der Waals surface area (Å²) in [7, 11) is 0. The van der Waals surface area contributed by atoms with E-state index in [-0.39, 0.29) is 44.2 Å². The number of rotatable bonds is 5. The van der Waals surface area contributed by atoms with Gasteiger partial charge in [-0.25, -0.2) is 23.1 Å². The van der Waals surface area contributed by atoms with Crippen LogP contribution in [-0.4, -0.2) is 56.2 Å². The summed E-state index contributed by atoms with van der Waals surface area (Å²) in [6.45, 7) is 2.13. The fourth-order valence-corrected chi connectivity index (χ4v) is 4.61. The van der Waals surface area contributed by atoms with Crippen LogP contribution in [0.25, 0.3) is 22.0 Å². The third kappa shape index (κ3) is 4.57. The van der Waals surface area contributed by atoms with Gasteiger partial charge in [0.15, 0.2) is 0 Å². The van der Waals surface area contributed by atoms with Crippen molar-refractivity contribution in [1.82, 2.24) is 24.6 Å². The normalized spacial score (nSPS) is 18.9. The molecule has 0 unspecified atom stereocenters. The topological polar surface area (TPSA) is 75.9 Å². The van der Waals surface area contributed by atoms with Gasteiger partial charge in [0.2, 0.25) is 17.8 Å². The molecule has 0 bridgehead atoms. The van der Waals surface area contributed by atoms with Crippen LogP contribution in [-0.2, 0) is 17.9 Å². The Balaban J connectivity index is 1.36. The van der Waals surface area contributed by atoms with Gasteiger partial charge in [-0.1, -0.05) is 12.1 Å². The maximum absolute atomic E-state index is 13.4. The number of hydrogen-bond acceptors (Lipinski definition) is 5. The molecule has 1 N–H and O–H groups in total. The molecule has 2 aliphatic rings. The number of anilines is 1. The van der Waals surface area contributed by atoms with Crippen LogP contribution in [0.4, 0.5) is 19.1 Å². The highest BCUT2D eigenvalue weighted by molar-refractivity contribution is 5.92. The summed E-state index contributed by atoms with van der Waals surface area (Å²) in [4.78, 5) is 23.3. The van der Waals surface area contributed by atoms with Crippen molar-refractivity contribution in [2.75, 3.05) is 25.1 Å². The van der Waals surface area contributed by atoms with E-state index >= 15 is 0 Å². The maximum atomic E-state index is 13.4. The summed E-state index contributed by atoms with van der Waals surface area (Å²) in [6, 6.07) is 5.80. The third-order valence-corrected chi connectivity index (χ3v) is 6.57. The lowest BCUT2D eigenvalue weighted by Gasteiger charge is -2.27. The van der Waals surface area contributed by atoms with Crippen molar-refractivity contribution in [3.63, 3.8) is 0 Å². The number of aromatic nitrogens is 4. The summed E-state index contributed by atoms with van der Waals surface area (Å²) in [5.41, 5.74) is 3.58. The Morgan fingerprint density at radius 3 is 2.79 bits per heavy atom. The van der Waals surface area contributed by atoms with Gasteiger partial charge in [0.25, 0.3) is 0 Å². The second-order valence-electron chi connectivity index (χ2n) is 8.78. The van der Waals surface area contributed by atoms with Gasteiger partial charge in [0.1, 0.15) is 6.67 Å². The molecule has 0 saturated heterocycles. The third-order valence-electron chi connectivity index (χ3n) is 6.57. The van der Waals surface area contributed by atoms with Crippen LogP contribution in [0.15, 0.2) is 30.6 Å². The molecule has 1 saturated carbocycles. The maximum Gasteiger partial charge on any atom is 0.248 e. The van der Waals surface area contributed by atoms with Crippen molar-refractivity contribution in [2.24, 2.45) is 5.92 Å². The van der Waals surface area contributed by atoms with Crippen molar-refractivity contribution < 1.29 is 18.0 Å². The number of halogens is 3. The monoisotopic (exact) mass is 458 g/mol. The molecule has 1 aliphatic carbocycles. The van der Waals surface area contributed by atoms with Gasteiger partial charge in [-0.05, 0) is 24.5 Å². The molecule has 1 aliphatic heterocycles. The van der Waals surface area contributed by atoms with E-state index in [0.717, 1.165) is 28.8 Å². The second-order valence-corrected chi connectivity index (χ2v) is 8.78. The first kappa shape index (κ1) is 21.8. The second kappa shape index (κ2) is 8.74. The molecule has 10 heteroatoms. The van der Waals surface area contributed by atoms with Crippen LogP contribution < -0.4 is 5.32 Å². The molecule has 0 radical (unpaired) electrons. The van der Waals surface area contributed by atoms with Crippen molar-refractivity contribution in [3.8, 4) is 11.1 Å². The van der Waals surface area contributed by atoms with E-state index in [9.17, 15) is 18.0 Å². The number of benzene rings is 1. The number of alkyl halides is 3. The van der Waals surface area contributed by atoms with Crippen molar-refractivity contribution in [2.45, 2.75) is 44.7 Å². The van der Waals surface area contributed by atoms with E-state index < -0.39 is 11.8 Å². The number of carbonyl (C=O) groups excluding carboxylic acids is 1. The summed E-state index contributed by atoms with van der Waals surface area (Å²) in [6.07, 6.45) is 3.22. The van der Waals surface area contributed by atoms with E-state index in [2.05, 4.69) is 25.3 Å². The minimum absolute atomic E-state index is 0.156. The molecule has 3 heterocycles. The van der Waals surface area contributed by atoms with E-state index in [1.165, 1.54) is 0 Å². The standard InChI is InChI=1S/C23H25F3N6O/c24-7-8-31-9-10-32-20(14-31)18(13-28-32)16-1-2-17-12-27-22(29-19(17)11-16)30-21(33)15-3-5-23(25,26)6-4-15/h1-2,11-13,15H,3-10,14H2,(H,27,29,30,33). The first-order valence-corrected chi connectivity index (χ1v) is 11.2. The minimum atomic E-state index is -2.68. The fourth-order valence-electron chi connectivity index (χ4n) is 4.61. The highest BCUT2D eigenvalue weighted by atomic mass is 19.3. The van der Waals surface area contributed by atoms with Gasteiger partial charge in [0, 0.05) is 55.5 Å². The molecule has 5 rings (SSSR count). The number of carbonyl (C=O) groups is 1. The lowest BCUT2D eigenvalue weighted by Crippen LogP contribution is -2.35. The Morgan fingerprint density at radius 1 is 1.18 bits per heavy atom. The molecular weight excluding hydrogens is 433 g/mol. The SMILES string of the molecule is O=C(Nc1ncc2ccc(-c3cnn4c3CN(CCF)CC4)cc2n1)C1CCC(F)(F)CC1. The lowest BCUT2D eigenvalue weighted by molar-refractivity contribution is -0.124. The molecule has 7 nitrogen and oxygen atoms in total. The molecule has 1 amide bonds. The molecular formula is C23H25F3N6O. The smallest absolute Gasteiger partial charge is 0.248 e. The van der Waals surface area contributed by atoms with Crippen molar-refractivity contribution in [1.29, 1.82) is 0 Å². The average molecular weight is 458 g/mol. The number of fused-ring (bicyclic) bond motifs is 2. The van der Waals surface area contributed by atoms with E-state index in [4.69, 9.17) is 0 Å². The zero-order chi connectivity index (χ0) is 23.0. The molecule has 0 spiro atoms. The van der Waals surface area contributed by atoms with E-state index in [0.29, 0.717) is 25.2 Å². The molecule has 1 aromatic carbocycles. The van der Waals surface area contributed by atoms with Crippen LogP contribution in [0, 0.1) is 5.92 Å². The van der Waals surface area contributed by atoms with Gasteiger partial charge in [0.05, 0.1) is 24.0 Å². The minimum Gasteiger partial charge on any atom is -0.294 e. The van der Waals surface area contributed by atoms with Crippen molar-refractivity contribution in [3.05, 3.63) is 36.3 Å². The predicted octanol–water partition coefficient (Wildman–Crippen LogP) is 4.04. The van der Waals surface area contributed by atoms with Gasteiger partial charge in [-0.15, -0.1) is 0 Å². The van der Waals surface area contributed by atoms with Crippen LogP contribution in [0.3, 0.4) is 0 Å². The zero-order valence-corrected chi connectivity index (χ0v) is 18.1. The highest BCUT2D eigenvalue weighted by Crippen LogP contribution is 2.36. The largest absolute Gasteiger partial charge is 0.294 e. The molecule has 174 valence electrons. The Hall–Kier alpha value is -3.01. The van der Waals surface area contributed by atoms with Gasteiger partial charge < -0.3 is 0 Å². The van der Waals surface area contributed by atoms with Gasteiger partial charge >= 0.3 is 0 Å². The molecule has 33 heavy (non-hydrogen) atoms. The summed E-state index contributed by atoms with van der Waals surface area (Å²) in [5.74, 6) is -3.29. The number of hydrogen-bond donors (Lipinski definition) is 1. The zero-order valence-electron chi connectivity index (χ0n) is 18.1. The van der Waals surface area contributed by atoms with Crippen LogP contribution in [0.2, 0.25) is 0 Å².